The number of nitrogens with zero attached hydrogens (tertiary/aromatic N) is 4. The lowest BCUT2D eigenvalue weighted by molar-refractivity contribution is -0.0985. The molecule has 0 bridgehead atoms. The number of carbonyl (C=O) groups is 1. The molecule has 0 saturated carbocycles. The molecule has 0 amide bonds. The van der Waals surface area contributed by atoms with Crippen LogP contribution in [0, 0.1) is 12.7 Å². The van der Waals surface area contributed by atoms with Crippen LogP contribution < -0.4 is 9.47 Å². The number of carboxylic acids is 1. The van der Waals surface area contributed by atoms with Gasteiger partial charge in [0.15, 0.2) is 5.82 Å². The third kappa shape index (κ3) is 5.96. The van der Waals surface area contributed by atoms with Crippen LogP contribution in [-0.2, 0) is 29.0 Å². The molecule has 2 aliphatic heterocycles. The molecule has 6 rings (SSSR count). The highest BCUT2D eigenvalue weighted by Crippen LogP contribution is 2.34. The maximum atomic E-state index is 15.7. The molecule has 10 nitrogen and oxygen atoms in total. The van der Waals surface area contributed by atoms with E-state index in [4.69, 9.17) is 23.9 Å². The van der Waals surface area contributed by atoms with Crippen LogP contribution >= 0.6 is 0 Å². The molecule has 0 spiro atoms. The number of para-hydroxylation sites is 1. The molecular weight excluding hydrogens is 555 g/mol. The minimum atomic E-state index is -1.15. The fourth-order valence-corrected chi connectivity index (χ4v) is 5.65. The normalized spacial score (nSPS) is 17.0. The van der Waals surface area contributed by atoms with Crippen molar-refractivity contribution in [1.82, 2.24) is 19.7 Å². The molecule has 0 radical (unpaired) electrons. The fourth-order valence-electron chi connectivity index (χ4n) is 5.65. The zero-order valence-electron chi connectivity index (χ0n) is 24.1. The Kier molecular flexibility index (Phi) is 8.37. The smallest absolute Gasteiger partial charge is 0.342 e. The van der Waals surface area contributed by atoms with Gasteiger partial charge in [-0.05, 0) is 48.2 Å². The van der Waals surface area contributed by atoms with E-state index in [2.05, 4.69) is 10.00 Å². The quantitative estimate of drug-likeness (QED) is 0.304. The number of fused-ring (bicyclic) bond motifs is 1. The van der Waals surface area contributed by atoms with E-state index in [1.54, 1.807) is 18.2 Å². The lowest BCUT2D eigenvalue weighted by Gasteiger charge is -2.33. The molecule has 2 aromatic carbocycles. The van der Waals surface area contributed by atoms with E-state index >= 15 is 4.39 Å². The Morgan fingerprint density at radius 3 is 2.81 bits per heavy atom. The summed E-state index contributed by atoms with van der Waals surface area (Å²) in [6.45, 7) is 6.03. The van der Waals surface area contributed by atoms with Crippen molar-refractivity contribution in [2.45, 2.75) is 32.6 Å². The molecule has 1 N–H and O–H groups in total. The third-order valence-corrected chi connectivity index (χ3v) is 7.80. The van der Waals surface area contributed by atoms with Gasteiger partial charge < -0.3 is 24.1 Å². The van der Waals surface area contributed by atoms with Gasteiger partial charge in [-0.3, -0.25) is 4.90 Å². The van der Waals surface area contributed by atoms with Gasteiger partial charge in [0.05, 0.1) is 44.9 Å². The molecule has 0 aliphatic carbocycles. The van der Waals surface area contributed by atoms with E-state index in [9.17, 15) is 9.90 Å². The summed E-state index contributed by atoms with van der Waals surface area (Å²) in [5, 5.41) is 13.6. The first-order chi connectivity index (χ1) is 20.9. The third-order valence-electron chi connectivity index (χ3n) is 7.80. The number of aryl methyl sites for hydroxylation is 1. The van der Waals surface area contributed by atoms with Crippen molar-refractivity contribution in [1.29, 1.82) is 0 Å². The van der Waals surface area contributed by atoms with Crippen LogP contribution in [0.3, 0.4) is 0 Å². The van der Waals surface area contributed by atoms with Crippen molar-refractivity contribution in [2.75, 3.05) is 40.0 Å². The number of halogens is 1. The van der Waals surface area contributed by atoms with Gasteiger partial charge in [0.25, 0.3) is 0 Å². The number of rotatable bonds is 9. The number of benzene rings is 2. The Bertz CT molecular complexity index is 1630. The number of hydrogen-bond donors (Lipinski definition) is 1. The van der Waals surface area contributed by atoms with E-state index in [1.807, 2.05) is 37.3 Å². The molecular formula is C32H33FN4O6. The first kappa shape index (κ1) is 28.8. The minimum absolute atomic E-state index is 0.0510. The predicted molar refractivity (Wildman–Crippen MR) is 155 cm³/mol. The van der Waals surface area contributed by atoms with Crippen molar-refractivity contribution in [2.24, 2.45) is 0 Å². The number of methoxy groups -OCH3 is 1. The van der Waals surface area contributed by atoms with Crippen molar-refractivity contribution in [3.05, 3.63) is 88.4 Å². The van der Waals surface area contributed by atoms with Crippen LogP contribution in [0.25, 0.3) is 17.1 Å². The standard InChI is InChI=1S/C32H33FN4O6/c1-20-5-3-6-25(27-7-4-8-28(35-27)37-31(40-2)26(15-34-37)32(38)39)30(20)43-18-22-10-9-21-16-36(12-11-24(21)29(22)33)17-23-19-41-13-14-42-23/h3-10,15,23H,11-14,16-19H2,1-2H3,(H,38,39)/t23-/m1/s1. The Morgan fingerprint density at radius 2 is 2.02 bits per heavy atom. The van der Waals surface area contributed by atoms with Gasteiger partial charge in [0.1, 0.15) is 23.7 Å². The summed E-state index contributed by atoms with van der Waals surface area (Å²) in [6.07, 6.45) is 1.90. The van der Waals surface area contributed by atoms with Gasteiger partial charge in [-0.1, -0.05) is 30.3 Å². The molecule has 4 heterocycles. The van der Waals surface area contributed by atoms with Gasteiger partial charge in [0.2, 0.25) is 5.88 Å². The summed E-state index contributed by atoms with van der Waals surface area (Å²) in [5.74, 6) is -0.329. The first-order valence-corrected chi connectivity index (χ1v) is 14.2. The average molecular weight is 589 g/mol. The maximum absolute atomic E-state index is 15.7. The Morgan fingerprint density at radius 1 is 1.16 bits per heavy atom. The summed E-state index contributed by atoms with van der Waals surface area (Å²) >= 11 is 0. The molecule has 1 atom stereocenters. The summed E-state index contributed by atoms with van der Waals surface area (Å²) in [7, 11) is 1.38. The highest BCUT2D eigenvalue weighted by atomic mass is 19.1. The van der Waals surface area contributed by atoms with Gasteiger partial charge in [0, 0.05) is 30.8 Å². The van der Waals surface area contributed by atoms with Crippen LogP contribution in [0.1, 0.15) is 32.6 Å². The predicted octanol–water partition coefficient (Wildman–Crippen LogP) is 4.44. The van der Waals surface area contributed by atoms with Crippen LogP contribution in [0.4, 0.5) is 4.39 Å². The zero-order valence-corrected chi connectivity index (χ0v) is 24.1. The lowest BCUT2D eigenvalue weighted by Crippen LogP contribution is -2.42. The summed E-state index contributed by atoms with van der Waals surface area (Å²) in [5.41, 5.74) is 4.33. The molecule has 1 fully saturated rings. The molecule has 1 saturated heterocycles. The zero-order chi connectivity index (χ0) is 29.9. The second-order valence-corrected chi connectivity index (χ2v) is 10.6. The molecule has 2 aliphatic rings. The minimum Gasteiger partial charge on any atom is -0.488 e. The van der Waals surface area contributed by atoms with E-state index in [-0.39, 0.29) is 30.0 Å². The fraction of sp³-hybridized carbons (Fsp3) is 0.344. The monoisotopic (exact) mass is 588 g/mol. The van der Waals surface area contributed by atoms with Crippen LogP contribution in [0.2, 0.25) is 0 Å². The largest absolute Gasteiger partial charge is 0.488 e. The van der Waals surface area contributed by atoms with Gasteiger partial charge in [-0.15, -0.1) is 0 Å². The van der Waals surface area contributed by atoms with Crippen molar-refractivity contribution < 1.29 is 33.2 Å². The molecule has 4 aromatic rings. The van der Waals surface area contributed by atoms with Gasteiger partial charge in [-0.25, -0.2) is 14.2 Å². The second-order valence-electron chi connectivity index (χ2n) is 10.6. The SMILES string of the molecule is COc1c(C(=O)O)cnn1-c1cccc(-c2cccc(C)c2OCc2ccc3c(c2F)CCN(C[C@@H]2COCCO2)C3)n1. The van der Waals surface area contributed by atoms with Crippen LogP contribution in [0.5, 0.6) is 11.6 Å². The topological polar surface area (TPSA) is 108 Å². The first-order valence-electron chi connectivity index (χ1n) is 14.2. The molecule has 0 unspecified atom stereocenters. The second kappa shape index (κ2) is 12.5. The van der Waals surface area contributed by atoms with Gasteiger partial charge >= 0.3 is 5.97 Å². The van der Waals surface area contributed by atoms with Crippen molar-refractivity contribution in [3.63, 3.8) is 0 Å². The number of pyridine rings is 1. The van der Waals surface area contributed by atoms with E-state index in [1.165, 1.54) is 18.0 Å². The van der Waals surface area contributed by atoms with E-state index in [0.29, 0.717) is 61.2 Å². The highest BCUT2D eigenvalue weighted by Gasteiger charge is 2.25. The number of aromatic carboxylic acids is 1. The van der Waals surface area contributed by atoms with E-state index < -0.39 is 5.97 Å². The van der Waals surface area contributed by atoms with E-state index in [0.717, 1.165) is 29.8 Å². The number of aromatic nitrogens is 3. The maximum Gasteiger partial charge on any atom is 0.342 e. The Balaban J connectivity index is 1.21. The van der Waals surface area contributed by atoms with Crippen molar-refractivity contribution in [3.8, 4) is 28.7 Å². The summed E-state index contributed by atoms with van der Waals surface area (Å²) in [4.78, 5) is 18.6. The Hall–Kier alpha value is -4.32. The molecule has 43 heavy (non-hydrogen) atoms. The van der Waals surface area contributed by atoms with Crippen LogP contribution in [0.15, 0.2) is 54.7 Å². The number of carboxylic acid groups (broad SMARTS) is 1. The molecule has 2 aromatic heterocycles. The van der Waals surface area contributed by atoms with Crippen molar-refractivity contribution >= 4 is 5.97 Å². The number of ether oxygens (including phenoxy) is 4. The number of hydrogen-bond acceptors (Lipinski definition) is 8. The summed E-state index contributed by atoms with van der Waals surface area (Å²) < 4.78 is 40.0. The van der Waals surface area contributed by atoms with Gasteiger partial charge in [-0.2, -0.15) is 9.78 Å². The summed E-state index contributed by atoms with van der Waals surface area (Å²) in [6, 6.07) is 14.8. The van der Waals surface area contributed by atoms with Crippen LogP contribution in [-0.4, -0.2) is 76.9 Å². The lowest BCUT2D eigenvalue weighted by atomic mass is 9.96. The molecule has 224 valence electrons. The molecule has 11 heteroatoms. The Labute approximate surface area is 248 Å². The highest BCUT2D eigenvalue weighted by molar-refractivity contribution is 5.90. The average Bonchev–Trinajstić information content (AvgIpc) is 3.47.